The largest absolute Gasteiger partial charge is 0.490 e. The lowest BCUT2D eigenvalue weighted by molar-refractivity contribution is 0.0948. The molecule has 1 amide bonds. The molecule has 0 saturated carbocycles. The van der Waals surface area contributed by atoms with Gasteiger partial charge in [-0.15, -0.1) is 0 Å². The lowest BCUT2D eigenvalue weighted by atomic mass is 10.1. The van der Waals surface area contributed by atoms with Gasteiger partial charge in [-0.1, -0.05) is 17.3 Å². The fourth-order valence-electron chi connectivity index (χ4n) is 3.12. The maximum Gasteiger partial charge on any atom is 0.263 e. The number of carbonyl (C=O) groups is 1. The van der Waals surface area contributed by atoms with Gasteiger partial charge in [0.1, 0.15) is 23.1 Å². The highest BCUT2D eigenvalue weighted by Crippen LogP contribution is 2.33. The summed E-state index contributed by atoms with van der Waals surface area (Å²) in [5, 5.41) is 6.69. The lowest BCUT2D eigenvalue weighted by Crippen LogP contribution is -2.31. The fourth-order valence-corrected chi connectivity index (χ4v) is 3.12. The topological polar surface area (TPSA) is 86.4 Å². The SMILES string of the molecule is CC1Cc2ccc(-c3cc(CNC(=O)c4cccn(C)c4=O)no3)cc2O1. The molecule has 7 heteroatoms. The molecule has 0 saturated heterocycles. The predicted molar refractivity (Wildman–Crippen MR) is 98.6 cm³/mol. The van der Waals surface area contributed by atoms with Crippen LogP contribution in [0.25, 0.3) is 11.3 Å². The van der Waals surface area contributed by atoms with Crippen molar-refractivity contribution in [1.29, 1.82) is 0 Å². The Bertz CT molecular complexity index is 1070. The Labute approximate surface area is 155 Å². The van der Waals surface area contributed by atoms with E-state index in [1.807, 2.05) is 25.1 Å². The molecule has 1 N–H and O–H groups in total. The molecule has 4 rings (SSSR count). The van der Waals surface area contributed by atoms with E-state index in [4.69, 9.17) is 9.26 Å². The van der Waals surface area contributed by atoms with Crippen LogP contribution in [0.3, 0.4) is 0 Å². The zero-order chi connectivity index (χ0) is 19.0. The van der Waals surface area contributed by atoms with Gasteiger partial charge in [-0.2, -0.15) is 0 Å². The molecule has 1 aliphatic heterocycles. The minimum Gasteiger partial charge on any atom is -0.490 e. The summed E-state index contributed by atoms with van der Waals surface area (Å²) in [7, 11) is 1.60. The van der Waals surface area contributed by atoms with Crippen LogP contribution in [0.4, 0.5) is 0 Å². The zero-order valence-electron chi connectivity index (χ0n) is 15.1. The molecule has 0 fully saturated rings. The highest BCUT2D eigenvalue weighted by molar-refractivity contribution is 5.93. The summed E-state index contributed by atoms with van der Waals surface area (Å²) in [6, 6.07) is 10.9. The van der Waals surface area contributed by atoms with Crippen molar-refractivity contribution >= 4 is 5.91 Å². The van der Waals surface area contributed by atoms with E-state index in [-0.39, 0.29) is 23.8 Å². The average Bonchev–Trinajstić information content (AvgIpc) is 3.26. The quantitative estimate of drug-likeness (QED) is 0.767. The third-order valence-electron chi connectivity index (χ3n) is 4.54. The molecule has 1 aliphatic rings. The van der Waals surface area contributed by atoms with Gasteiger partial charge in [-0.25, -0.2) is 0 Å². The average molecular weight is 365 g/mol. The number of fused-ring (bicyclic) bond motifs is 1. The van der Waals surface area contributed by atoms with Crippen molar-refractivity contribution in [2.24, 2.45) is 7.05 Å². The first-order chi connectivity index (χ1) is 13.0. The Balaban J connectivity index is 1.46. The van der Waals surface area contributed by atoms with E-state index < -0.39 is 5.91 Å². The number of nitrogens with zero attached hydrogens (tertiary/aromatic N) is 2. The van der Waals surface area contributed by atoms with Crippen LogP contribution < -0.4 is 15.6 Å². The molecular weight excluding hydrogens is 346 g/mol. The number of hydrogen-bond donors (Lipinski definition) is 1. The number of benzene rings is 1. The molecule has 138 valence electrons. The monoisotopic (exact) mass is 365 g/mol. The van der Waals surface area contributed by atoms with E-state index in [9.17, 15) is 9.59 Å². The molecule has 27 heavy (non-hydrogen) atoms. The Hall–Kier alpha value is -3.35. The van der Waals surface area contributed by atoms with Gasteiger partial charge in [0.25, 0.3) is 11.5 Å². The number of pyridine rings is 1. The molecule has 1 unspecified atom stereocenters. The number of ether oxygens (including phenoxy) is 1. The second-order valence-corrected chi connectivity index (χ2v) is 6.66. The number of nitrogens with one attached hydrogen (secondary N) is 1. The van der Waals surface area contributed by atoms with Crippen molar-refractivity contribution in [3.05, 3.63) is 69.8 Å². The van der Waals surface area contributed by atoms with Crippen LogP contribution in [0.5, 0.6) is 5.75 Å². The van der Waals surface area contributed by atoms with Crippen LogP contribution in [-0.2, 0) is 20.0 Å². The summed E-state index contributed by atoms with van der Waals surface area (Å²) in [6.07, 6.45) is 2.69. The van der Waals surface area contributed by atoms with Crippen LogP contribution in [-0.4, -0.2) is 21.7 Å². The van der Waals surface area contributed by atoms with E-state index in [0.29, 0.717) is 11.5 Å². The molecule has 3 aromatic rings. The fraction of sp³-hybridized carbons (Fsp3) is 0.250. The Morgan fingerprint density at radius 2 is 2.19 bits per heavy atom. The van der Waals surface area contributed by atoms with E-state index in [1.54, 1.807) is 25.4 Å². The maximum absolute atomic E-state index is 12.2. The van der Waals surface area contributed by atoms with Gasteiger partial charge in [0.05, 0.1) is 6.54 Å². The van der Waals surface area contributed by atoms with E-state index in [1.165, 1.54) is 16.2 Å². The number of aromatic nitrogens is 2. The van der Waals surface area contributed by atoms with Crippen molar-refractivity contribution in [2.45, 2.75) is 26.0 Å². The number of rotatable bonds is 4. The molecule has 1 aromatic carbocycles. The second-order valence-electron chi connectivity index (χ2n) is 6.66. The Kier molecular flexibility index (Phi) is 4.27. The molecule has 0 bridgehead atoms. The van der Waals surface area contributed by atoms with E-state index >= 15 is 0 Å². The van der Waals surface area contributed by atoms with Gasteiger partial charge < -0.3 is 19.1 Å². The van der Waals surface area contributed by atoms with Crippen LogP contribution in [0.1, 0.15) is 28.5 Å². The Morgan fingerprint density at radius 3 is 3.04 bits per heavy atom. The number of hydrogen-bond acceptors (Lipinski definition) is 5. The number of amides is 1. The normalized spacial score (nSPS) is 15.3. The third kappa shape index (κ3) is 3.36. The number of carbonyl (C=O) groups excluding carboxylic acids is 1. The zero-order valence-corrected chi connectivity index (χ0v) is 15.1. The van der Waals surface area contributed by atoms with Gasteiger partial charge in [0.2, 0.25) is 0 Å². The van der Waals surface area contributed by atoms with Gasteiger partial charge in [0, 0.05) is 31.3 Å². The molecule has 0 radical (unpaired) electrons. The first kappa shape index (κ1) is 17.1. The van der Waals surface area contributed by atoms with Crippen molar-refractivity contribution in [3.8, 4) is 17.1 Å². The van der Waals surface area contributed by atoms with Crippen molar-refractivity contribution < 1.29 is 14.1 Å². The van der Waals surface area contributed by atoms with E-state index in [0.717, 1.165) is 17.7 Å². The summed E-state index contributed by atoms with van der Waals surface area (Å²) in [4.78, 5) is 24.2. The van der Waals surface area contributed by atoms with Gasteiger partial charge in [0.15, 0.2) is 5.76 Å². The van der Waals surface area contributed by atoms with Crippen molar-refractivity contribution in [2.75, 3.05) is 0 Å². The summed E-state index contributed by atoms with van der Waals surface area (Å²) < 4.78 is 12.5. The molecule has 1 atom stereocenters. The third-order valence-corrected chi connectivity index (χ3v) is 4.54. The predicted octanol–water partition coefficient (Wildman–Crippen LogP) is 2.29. The summed E-state index contributed by atoms with van der Waals surface area (Å²) in [5.41, 5.74) is 2.37. The first-order valence-electron chi connectivity index (χ1n) is 8.70. The summed E-state index contributed by atoms with van der Waals surface area (Å²) >= 11 is 0. The lowest BCUT2D eigenvalue weighted by Gasteiger charge is -2.04. The number of aryl methyl sites for hydroxylation is 1. The first-order valence-corrected chi connectivity index (χ1v) is 8.70. The van der Waals surface area contributed by atoms with Crippen LogP contribution >= 0.6 is 0 Å². The summed E-state index contributed by atoms with van der Waals surface area (Å²) in [6.45, 7) is 2.20. The summed E-state index contributed by atoms with van der Waals surface area (Å²) in [5.74, 6) is 1.02. The maximum atomic E-state index is 12.2. The molecule has 0 spiro atoms. The van der Waals surface area contributed by atoms with Gasteiger partial charge >= 0.3 is 0 Å². The molecule has 0 aliphatic carbocycles. The van der Waals surface area contributed by atoms with Crippen molar-refractivity contribution in [3.63, 3.8) is 0 Å². The van der Waals surface area contributed by atoms with Crippen LogP contribution in [0.15, 0.2) is 51.9 Å². The van der Waals surface area contributed by atoms with E-state index in [2.05, 4.69) is 10.5 Å². The molecule has 7 nitrogen and oxygen atoms in total. The standard InChI is InChI=1S/C20H19N3O4/c1-12-8-13-5-6-14(9-17(13)26-12)18-10-15(22-27-18)11-21-19(24)16-4-3-7-23(2)20(16)25/h3-7,9-10,12H,8,11H2,1-2H3,(H,21,24). The molecular formula is C20H19N3O4. The van der Waals surface area contributed by atoms with Crippen LogP contribution in [0, 0.1) is 0 Å². The highest BCUT2D eigenvalue weighted by atomic mass is 16.5. The highest BCUT2D eigenvalue weighted by Gasteiger charge is 2.20. The Morgan fingerprint density at radius 1 is 1.33 bits per heavy atom. The second kappa shape index (κ2) is 6.75. The van der Waals surface area contributed by atoms with Gasteiger partial charge in [-0.3, -0.25) is 9.59 Å². The molecule has 3 heterocycles. The minimum atomic E-state index is -0.444. The van der Waals surface area contributed by atoms with Gasteiger partial charge in [-0.05, 0) is 30.7 Å². The molecule has 2 aromatic heterocycles. The smallest absolute Gasteiger partial charge is 0.263 e. The van der Waals surface area contributed by atoms with Crippen LogP contribution in [0.2, 0.25) is 0 Å². The minimum absolute atomic E-state index is 0.0913. The van der Waals surface area contributed by atoms with Crippen molar-refractivity contribution in [1.82, 2.24) is 15.0 Å².